The van der Waals surface area contributed by atoms with Crippen LogP contribution in [0, 0.1) is 0 Å². The van der Waals surface area contributed by atoms with Gasteiger partial charge in [-0.25, -0.2) is 4.98 Å². The second-order valence-electron chi connectivity index (χ2n) is 3.10. The fourth-order valence-corrected chi connectivity index (χ4v) is 2.24. The minimum atomic E-state index is -4.38. The molecule has 0 saturated heterocycles. The Labute approximate surface area is 105 Å². The number of carbonyl (C=O) groups is 1. The number of nitrogens with zero attached hydrogens (tertiary/aromatic N) is 1. The Morgan fingerprint density at radius 1 is 1.59 bits per heavy atom. The summed E-state index contributed by atoms with van der Waals surface area (Å²) in [6, 6.07) is 0. The lowest BCUT2D eigenvalue weighted by Crippen LogP contribution is -2.04. The summed E-state index contributed by atoms with van der Waals surface area (Å²) >= 11 is 2.14. The van der Waals surface area contributed by atoms with E-state index in [1.165, 1.54) is 18.7 Å². The van der Waals surface area contributed by atoms with Gasteiger partial charge in [-0.15, -0.1) is 11.3 Å². The summed E-state index contributed by atoms with van der Waals surface area (Å²) < 4.78 is 36.6. The number of carbonyl (C=O) groups excluding carboxylic acids is 1. The maximum absolute atomic E-state index is 12.2. The SMILES string of the molecule is CC(=O)SCCC=Cc1nc(C(F)(F)F)cs1. The molecule has 0 bridgehead atoms. The molecule has 0 saturated carbocycles. The third kappa shape index (κ3) is 5.36. The molecule has 0 amide bonds. The van der Waals surface area contributed by atoms with E-state index in [0.29, 0.717) is 17.2 Å². The van der Waals surface area contributed by atoms with Crippen molar-refractivity contribution in [2.24, 2.45) is 0 Å². The van der Waals surface area contributed by atoms with E-state index in [1.54, 1.807) is 12.2 Å². The molecule has 2 nitrogen and oxygen atoms in total. The average Bonchev–Trinajstić information content (AvgIpc) is 2.64. The van der Waals surface area contributed by atoms with Crippen molar-refractivity contribution < 1.29 is 18.0 Å². The van der Waals surface area contributed by atoms with Gasteiger partial charge in [-0.1, -0.05) is 17.8 Å². The molecule has 94 valence electrons. The van der Waals surface area contributed by atoms with E-state index < -0.39 is 11.9 Å². The summed E-state index contributed by atoms with van der Waals surface area (Å²) in [6.45, 7) is 1.48. The van der Waals surface area contributed by atoms with E-state index in [9.17, 15) is 18.0 Å². The lowest BCUT2D eigenvalue weighted by molar-refractivity contribution is -0.140. The van der Waals surface area contributed by atoms with Crippen LogP contribution < -0.4 is 0 Å². The molecule has 1 aromatic heterocycles. The van der Waals surface area contributed by atoms with Crippen molar-refractivity contribution in [2.75, 3.05) is 5.75 Å². The van der Waals surface area contributed by atoms with Crippen molar-refractivity contribution in [3.8, 4) is 0 Å². The summed E-state index contributed by atoms with van der Waals surface area (Å²) in [7, 11) is 0. The molecule has 0 aliphatic heterocycles. The standard InChI is InChI=1S/C10H10F3NOS2/c1-7(15)16-5-3-2-4-9-14-8(6-17-9)10(11,12)13/h2,4,6H,3,5H2,1H3. The highest BCUT2D eigenvalue weighted by molar-refractivity contribution is 8.13. The van der Waals surface area contributed by atoms with Gasteiger partial charge < -0.3 is 0 Å². The predicted molar refractivity (Wildman–Crippen MR) is 63.9 cm³/mol. The van der Waals surface area contributed by atoms with Crippen molar-refractivity contribution in [2.45, 2.75) is 19.5 Å². The van der Waals surface area contributed by atoms with Crippen LogP contribution in [-0.4, -0.2) is 15.9 Å². The van der Waals surface area contributed by atoms with Gasteiger partial charge in [0.25, 0.3) is 0 Å². The lowest BCUT2D eigenvalue weighted by Gasteiger charge is -1.99. The van der Waals surface area contributed by atoms with Crippen molar-refractivity contribution >= 4 is 34.3 Å². The third-order valence-corrected chi connectivity index (χ3v) is 3.32. The number of allylic oxidation sites excluding steroid dienone is 1. The van der Waals surface area contributed by atoms with Crippen molar-refractivity contribution in [1.82, 2.24) is 4.98 Å². The topological polar surface area (TPSA) is 30.0 Å². The maximum atomic E-state index is 12.2. The van der Waals surface area contributed by atoms with Crippen LogP contribution in [0.2, 0.25) is 0 Å². The lowest BCUT2D eigenvalue weighted by atomic mass is 10.4. The van der Waals surface area contributed by atoms with Crippen LogP contribution in [0.4, 0.5) is 13.2 Å². The molecule has 1 rings (SSSR count). The van der Waals surface area contributed by atoms with Gasteiger partial charge in [-0.2, -0.15) is 13.2 Å². The summed E-state index contributed by atoms with van der Waals surface area (Å²) in [5.74, 6) is 0.628. The number of hydrogen-bond donors (Lipinski definition) is 0. The van der Waals surface area contributed by atoms with E-state index in [4.69, 9.17) is 0 Å². The molecule has 0 spiro atoms. The number of alkyl halides is 3. The Balaban J connectivity index is 2.44. The highest BCUT2D eigenvalue weighted by atomic mass is 32.2. The van der Waals surface area contributed by atoms with Crippen molar-refractivity contribution in [3.63, 3.8) is 0 Å². The first kappa shape index (κ1) is 14.2. The Morgan fingerprint density at radius 2 is 2.29 bits per heavy atom. The monoisotopic (exact) mass is 281 g/mol. The van der Waals surface area contributed by atoms with Crippen LogP contribution in [0.25, 0.3) is 6.08 Å². The van der Waals surface area contributed by atoms with Crippen LogP contribution >= 0.6 is 23.1 Å². The average molecular weight is 281 g/mol. The van der Waals surface area contributed by atoms with Crippen LogP contribution in [0.5, 0.6) is 0 Å². The first-order chi connectivity index (χ1) is 7.89. The largest absolute Gasteiger partial charge is 0.434 e. The summed E-state index contributed by atoms with van der Waals surface area (Å²) in [5, 5.41) is 1.35. The zero-order chi connectivity index (χ0) is 12.9. The van der Waals surface area contributed by atoms with E-state index in [2.05, 4.69) is 4.98 Å². The molecule has 0 N–H and O–H groups in total. The minimum Gasteiger partial charge on any atom is -0.288 e. The molecule has 0 radical (unpaired) electrons. The van der Waals surface area contributed by atoms with Gasteiger partial charge in [-0.3, -0.25) is 4.79 Å². The molecule has 0 unspecified atom stereocenters. The molecule has 1 heterocycles. The first-order valence-electron chi connectivity index (χ1n) is 4.72. The minimum absolute atomic E-state index is 0.0343. The second kappa shape index (κ2) is 6.20. The summed E-state index contributed by atoms with van der Waals surface area (Å²) in [6.07, 6.45) is -0.492. The van der Waals surface area contributed by atoms with E-state index in [-0.39, 0.29) is 5.12 Å². The van der Waals surface area contributed by atoms with Crippen molar-refractivity contribution in [1.29, 1.82) is 0 Å². The van der Waals surface area contributed by atoms with Gasteiger partial charge in [0.1, 0.15) is 5.01 Å². The molecule has 17 heavy (non-hydrogen) atoms. The van der Waals surface area contributed by atoms with Gasteiger partial charge >= 0.3 is 6.18 Å². The van der Waals surface area contributed by atoms with Gasteiger partial charge in [0.05, 0.1) is 0 Å². The molecule has 0 aliphatic rings. The molecule has 0 aliphatic carbocycles. The molecule has 0 fully saturated rings. The number of halogens is 3. The third-order valence-electron chi connectivity index (χ3n) is 1.66. The Kier molecular flexibility index (Phi) is 5.20. The van der Waals surface area contributed by atoms with Crippen LogP contribution in [0.3, 0.4) is 0 Å². The van der Waals surface area contributed by atoms with Crippen LogP contribution in [0.15, 0.2) is 11.5 Å². The number of thioether (sulfide) groups is 1. The van der Waals surface area contributed by atoms with E-state index in [0.717, 1.165) is 16.7 Å². The van der Waals surface area contributed by atoms with Crippen LogP contribution in [-0.2, 0) is 11.0 Å². The Hall–Kier alpha value is -0.820. The second-order valence-corrected chi connectivity index (χ2v) is 5.26. The van der Waals surface area contributed by atoms with Gasteiger partial charge in [-0.05, 0) is 12.5 Å². The predicted octanol–water partition coefficient (Wildman–Crippen LogP) is 3.84. The molecular weight excluding hydrogens is 271 g/mol. The summed E-state index contributed by atoms with van der Waals surface area (Å²) in [5.41, 5.74) is -0.861. The number of thiazole rings is 1. The fraction of sp³-hybridized carbons (Fsp3) is 0.400. The first-order valence-corrected chi connectivity index (χ1v) is 6.59. The molecule has 7 heteroatoms. The quantitative estimate of drug-likeness (QED) is 0.785. The highest BCUT2D eigenvalue weighted by Gasteiger charge is 2.33. The highest BCUT2D eigenvalue weighted by Crippen LogP contribution is 2.30. The molecule has 0 atom stereocenters. The zero-order valence-corrected chi connectivity index (χ0v) is 10.6. The van der Waals surface area contributed by atoms with Gasteiger partial charge in [0.2, 0.25) is 0 Å². The normalized spacial score (nSPS) is 12.2. The van der Waals surface area contributed by atoms with Gasteiger partial charge in [0.15, 0.2) is 10.8 Å². The van der Waals surface area contributed by atoms with E-state index >= 15 is 0 Å². The molecular formula is C10H10F3NOS2. The Morgan fingerprint density at radius 3 is 2.82 bits per heavy atom. The Bertz CT molecular complexity index is 412. The molecule has 0 aromatic carbocycles. The maximum Gasteiger partial charge on any atom is 0.434 e. The zero-order valence-electron chi connectivity index (χ0n) is 8.95. The van der Waals surface area contributed by atoms with Crippen molar-refractivity contribution in [3.05, 3.63) is 22.2 Å². The molecule has 1 aromatic rings. The summed E-state index contributed by atoms with van der Waals surface area (Å²) in [4.78, 5) is 14.0. The van der Waals surface area contributed by atoms with E-state index in [1.807, 2.05) is 0 Å². The smallest absolute Gasteiger partial charge is 0.288 e. The number of hydrogen-bond acceptors (Lipinski definition) is 4. The van der Waals surface area contributed by atoms with Crippen LogP contribution in [0.1, 0.15) is 24.0 Å². The number of rotatable bonds is 4. The van der Waals surface area contributed by atoms with Gasteiger partial charge in [0, 0.05) is 18.1 Å². The number of aromatic nitrogens is 1. The fourth-order valence-electron chi connectivity index (χ4n) is 0.949.